The van der Waals surface area contributed by atoms with Gasteiger partial charge in [-0.25, -0.2) is 8.42 Å². The molecule has 8 nitrogen and oxygen atoms in total. The molecule has 0 bridgehead atoms. The van der Waals surface area contributed by atoms with Gasteiger partial charge in [0.2, 0.25) is 5.91 Å². The van der Waals surface area contributed by atoms with Crippen molar-refractivity contribution in [1.29, 1.82) is 0 Å². The van der Waals surface area contributed by atoms with Gasteiger partial charge in [-0.3, -0.25) is 14.3 Å². The first-order valence-corrected chi connectivity index (χ1v) is 10.6. The first-order valence-electron chi connectivity index (χ1n) is 9.09. The van der Waals surface area contributed by atoms with Crippen molar-refractivity contribution in [2.24, 2.45) is 0 Å². The molecule has 2 aromatic rings. The lowest BCUT2D eigenvalue weighted by Crippen LogP contribution is -2.37. The van der Waals surface area contributed by atoms with Crippen molar-refractivity contribution >= 4 is 27.5 Å². The number of ether oxygens (including phenoxy) is 1. The van der Waals surface area contributed by atoms with Crippen molar-refractivity contribution in [3.8, 4) is 5.75 Å². The van der Waals surface area contributed by atoms with Gasteiger partial charge in [-0.2, -0.15) is 0 Å². The summed E-state index contributed by atoms with van der Waals surface area (Å²) in [6.07, 6.45) is 0.792. The Bertz CT molecular complexity index is 972. The largest absolute Gasteiger partial charge is 0.497 e. The van der Waals surface area contributed by atoms with Gasteiger partial charge in [0.1, 0.15) is 5.75 Å². The van der Waals surface area contributed by atoms with E-state index in [9.17, 15) is 18.0 Å². The number of anilines is 1. The highest BCUT2D eigenvalue weighted by atomic mass is 32.2. The molecule has 0 spiro atoms. The smallest absolute Gasteiger partial charge is 0.262 e. The molecule has 0 heterocycles. The summed E-state index contributed by atoms with van der Waals surface area (Å²) in [4.78, 5) is 23.9. The van der Waals surface area contributed by atoms with Gasteiger partial charge in [-0.1, -0.05) is 13.0 Å². The lowest BCUT2D eigenvalue weighted by atomic mass is 10.1. The van der Waals surface area contributed by atoms with Crippen molar-refractivity contribution in [3.05, 3.63) is 53.6 Å². The lowest BCUT2D eigenvalue weighted by Gasteiger charge is -2.12. The van der Waals surface area contributed by atoms with Crippen molar-refractivity contribution in [3.63, 3.8) is 0 Å². The van der Waals surface area contributed by atoms with E-state index >= 15 is 0 Å². The maximum Gasteiger partial charge on any atom is 0.262 e. The van der Waals surface area contributed by atoms with Crippen LogP contribution in [-0.2, 0) is 14.8 Å². The zero-order valence-electron chi connectivity index (χ0n) is 16.6. The van der Waals surface area contributed by atoms with E-state index in [1.54, 1.807) is 37.3 Å². The zero-order chi connectivity index (χ0) is 21.4. The Balaban J connectivity index is 2.15. The van der Waals surface area contributed by atoms with Crippen molar-refractivity contribution in [2.45, 2.75) is 25.2 Å². The second kappa shape index (κ2) is 9.92. The van der Waals surface area contributed by atoms with Gasteiger partial charge < -0.3 is 15.4 Å². The minimum Gasteiger partial charge on any atom is -0.497 e. The molecule has 0 atom stereocenters. The highest BCUT2D eigenvalue weighted by molar-refractivity contribution is 7.92. The molecule has 2 aromatic carbocycles. The Hall–Kier alpha value is -3.07. The van der Waals surface area contributed by atoms with Crippen LogP contribution in [0.25, 0.3) is 0 Å². The Morgan fingerprint density at radius 1 is 1.03 bits per heavy atom. The van der Waals surface area contributed by atoms with Crippen LogP contribution in [0.1, 0.15) is 29.3 Å². The van der Waals surface area contributed by atoms with Crippen LogP contribution in [0.3, 0.4) is 0 Å². The minimum atomic E-state index is -3.91. The second-order valence-electron chi connectivity index (χ2n) is 6.35. The highest BCUT2D eigenvalue weighted by Gasteiger charge is 2.19. The molecule has 0 saturated carbocycles. The third-order valence-corrected chi connectivity index (χ3v) is 5.59. The van der Waals surface area contributed by atoms with E-state index in [4.69, 9.17) is 4.74 Å². The quantitative estimate of drug-likeness (QED) is 0.576. The zero-order valence-corrected chi connectivity index (χ0v) is 17.4. The van der Waals surface area contributed by atoms with E-state index in [-0.39, 0.29) is 22.9 Å². The van der Waals surface area contributed by atoms with Crippen molar-refractivity contribution in [2.75, 3.05) is 24.9 Å². The molecule has 3 N–H and O–H groups in total. The van der Waals surface area contributed by atoms with Crippen LogP contribution in [-0.4, -0.2) is 40.4 Å². The van der Waals surface area contributed by atoms with Gasteiger partial charge in [0.15, 0.2) is 0 Å². The van der Waals surface area contributed by atoms with Crippen LogP contribution in [0.5, 0.6) is 5.75 Å². The third-order valence-electron chi connectivity index (χ3n) is 4.06. The van der Waals surface area contributed by atoms with E-state index in [0.29, 0.717) is 23.5 Å². The minimum absolute atomic E-state index is 0.0172. The van der Waals surface area contributed by atoms with Crippen LogP contribution in [0.15, 0.2) is 47.4 Å². The average molecular weight is 420 g/mol. The number of hydrogen-bond acceptors (Lipinski definition) is 5. The van der Waals surface area contributed by atoms with Gasteiger partial charge >= 0.3 is 0 Å². The molecular formula is C20H25N3O5S. The predicted molar refractivity (Wildman–Crippen MR) is 111 cm³/mol. The van der Waals surface area contributed by atoms with Crippen LogP contribution >= 0.6 is 0 Å². The summed E-state index contributed by atoms with van der Waals surface area (Å²) < 4.78 is 33.1. The molecule has 0 unspecified atom stereocenters. The molecule has 0 radical (unpaired) electrons. The van der Waals surface area contributed by atoms with E-state index in [1.807, 2.05) is 6.92 Å². The van der Waals surface area contributed by atoms with E-state index in [1.165, 1.54) is 19.2 Å². The Morgan fingerprint density at radius 2 is 1.72 bits per heavy atom. The van der Waals surface area contributed by atoms with Gasteiger partial charge in [0, 0.05) is 17.8 Å². The Morgan fingerprint density at radius 3 is 2.34 bits per heavy atom. The topological polar surface area (TPSA) is 114 Å². The normalized spacial score (nSPS) is 10.9. The summed E-state index contributed by atoms with van der Waals surface area (Å²) in [5.41, 5.74) is 1.00. The summed E-state index contributed by atoms with van der Waals surface area (Å²) in [5, 5.41) is 5.14. The molecule has 0 aliphatic carbocycles. The average Bonchev–Trinajstić information content (AvgIpc) is 2.70. The summed E-state index contributed by atoms with van der Waals surface area (Å²) >= 11 is 0. The van der Waals surface area contributed by atoms with Gasteiger partial charge in [-0.15, -0.1) is 0 Å². The number of nitrogens with one attached hydrogen (secondary N) is 3. The molecule has 2 rings (SSSR count). The molecule has 29 heavy (non-hydrogen) atoms. The number of methoxy groups -OCH3 is 1. The summed E-state index contributed by atoms with van der Waals surface area (Å²) in [7, 11) is -2.39. The Labute approximate surface area is 170 Å². The molecule has 0 fully saturated rings. The number of aryl methyl sites for hydroxylation is 1. The summed E-state index contributed by atoms with van der Waals surface area (Å²) in [6, 6.07) is 10.8. The van der Waals surface area contributed by atoms with E-state index in [0.717, 1.165) is 6.42 Å². The lowest BCUT2D eigenvalue weighted by molar-refractivity contribution is -0.120. The van der Waals surface area contributed by atoms with Crippen LogP contribution in [0.4, 0.5) is 5.69 Å². The number of amides is 2. The van der Waals surface area contributed by atoms with Crippen LogP contribution in [0, 0.1) is 6.92 Å². The fourth-order valence-electron chi connectivity index (χ4n) is 2.49. The first kappa shape index (κ1) is 22.2. The maximum atomic E-state index is 12.8. The fourth-order valence-corrected chi connectivity index (χ4v) is 3.82. The standard InChI is InChI=1S/C20H25N3O5S/c1-4-11-21-19(24)13-22-20(25)15-6-5-14(2)18(12-15)29(26,27)23-16-7-9-17(28-3)10-8-16/h5-10,12,23H,4,11,13H2,1-3H3,(H,21,24)(H,22,25). The van der Waals surface area contributed by atoms with Crippen LogP contribution < -0.4 is 20.1 Å². The van der Waals surface area contributed by atoms with Crippen molar-refractivity contribution in [1.82, 2.24) is 10.6 Å². The summed E-state index contributed by atoms with van der Waals surface area (Å²) in [5.74, 6) is -0.232. The molecule has 0 saturated heterocycles. The molecular weight excluding hydrogens is 394 g/mol. The number of hydrogen-bond donors (Lipinski definition) is 3. The number of rotatable bonds is 9. The van der Waals surface area contributed by atoms with E-state index < -0.39 is 15.9 Å². The fraction of sp³-hybridized carbons (Fsp3) is 0.300. The number of benzene rings is 2. The molecule has 0 aliphatic rings. The third kappa shape index (κ3) is 6.21. The van der Waals surface area contributed by atoms with Gasteiger partial charge in [-0.05, 0) is 55.3 Å². The molecule has 156 valence electrons. The highest BCUT2D eigenvalue weighted by Crippen LogP contribution is 2.22. The number of carbonyl (C=O) groups excluding carboxylic acids is 2. The SMILES string of the molecule is CCCNC(=O)CNC(=O)c1ccc(C)c(S(=O)(=O)Nc2ccc(OC)cc2)c1. The Kier molecular flexibility index (Phi) is 7.60. The first-order chi connectivity index (χ1) is 13.8. The second-order valence-corrected chi connectivity index (χ2v) is 8.00. The number of carbonyl (C=O) groups is 2. The van der Waals surface area contributed by atoms with Crippen LogP contribution in [0.2, 0.25) is 0 Å². The maximum absolute atomic E-state index is 12.8. The monoisotopic (exact) mass is 419 g/mol. The van der Waals surface area contributed by atoms with Gasteiger partial charge in [0.05, 0.1) is 18.6 Å². The molecule has 0 aliphatic heterocycles. The predicted octanol–water partition coefficient (Wildman–Crippen LogP) is 2.06. The molecule has 0 aromatic heterocycles. The molecule has 9 heteroatoms. The van der Waals surface area contributed by atoms with Gasteiger partial charge in [0.25, 0.3) is 15.9 Å². The molecule has 2 amide bonds. The van der Waals surface area contributed by atoms with E-state index in [2.05, 4.69) is 15.4 Å². The number of sulfonamides is 1. The van der Waals surface area contributed by atoms with Crippen molar-refractivity contribution < 1.29 is 22.7 Å². The summed E-state index contributed by atoms with van der Waals surface area (Å²) in [6.45, 7) is 3.91.